The van der Waals surface area contributed by atoms with Gasteiger partial charge in [-0.15, -0.1) is 5.10 Å². The predicted molar refractivity (Wildman–Crippen MR) is 110 cm³/mol. The third kappa shape index (κ3) is 4.29. The number of benzene rings is 2. The highest BCUT2D eigenvalue weighted by Gasteiger charge is 2.27. The molecule has 1 aliphatic rings. The second-order valence-electron chi connectivity index (χ2n) is 7.12. The van der Waals surface area contributed by atoms with Gasteiger partial charge in [0.1, 0.15) is 18.1 Å². The summed E-state index contributed by atoms with van der Waals surface area (Å²) in [7, 11) is 1.65. The number of carbonyl (C=O) groups is 1. The van der Waals surface area contributed by atoms with E-state index in [1.54, 1.807) is 12.0 Å². The Kier molecular flexibility index (Phi) is 5.97. The van der Waals surface area contributed by atoms with Crippen LogP contribution < -0.4 is 9.47 Å². The van der Waals surface area contributed by atoms with Crippen molar-refractivity contribution in [3.05, 3.63) is 42.2 Å². The van der Waals surface area contributed by atoms with Crippen LogP contribution in [0.15, 0.2) is 36.4 Å². The van der Waals surface area contributed by atoms with E-state index in [0.717, 1.165) is 35.1 Å². The molecular formula is C21H25N5O4. The number of fused-ring (bicyclic) bond motifs is 1. The minimum Gasteiger partial charge on any atom is -0.497 e. The molecule has 1 aliphatic heterocycles. The zero-order valence-electron chi connectivity index (χ0n) is 17.2. The molecule has 158 valence electrons. The first-order valence-corrected chi connectivity index (χ1v) is 10.1. The molecule has 0 bridgehead atoms. The van der Waals surface area contributed by atoms with Crippen molar-refractivity contribution in [3.8, 4) is 11.5 Å². The molecule has 0 unspecified atom stereocenters. The second-order valence-corrected chi connectivity index (χ2v) is 7.12. The van der Waals surface area contributed by atoms with Gasteiger partial charge in [-0.05, 0) is 65.2 Å². The molecule has 1 fully saturated rings. The summed E-state index contributed by atoms with van der Waals surface area (Å²) in [6, 6.07) is 12.0. The normalized spacial score (nSPS) is 14.7. The van der Waals surface area contributed by atoms with E-state index in [2.05, 4.69) is 15.5 Å². The maximum absolute atomic E-state index is 11.9. The van der Waals surface area contributed by atoms with Gasteiger partial charge in [0, 0.05) is 13.1 Å². The van der Waals surface area contributed by atoms with Gasteiger partial charge in [0.15, 0.2) is 5.82 Å². The Balaban J connectivity index is 1.40. The first-order chi connectivity index (χ1) is 14.7. The second kappa shape index (κ2) is 8.98. The minimum atomic E-state index is -0.260. The molecular weight excluding hydrogens is 386 g/mol. The van der Waals surface area contributed by atoms with Gasteiger partial charge >= 0.3 is 6.09 Å². The molecule has 30 heavy (non-hydrogen) atoms. The summed E-state index contributed by atoms with van der Waals surface area (Å²) in [5.41, 5.74) is 0. The van der Waals surface area contributed by atoms with E-state index in [9.17, 15) is 4.79 Å². The van der Waals surface area contributed by atoms with Gasteiger partial charge in [0.05, 0.1) is 19.8 Å². The molecule has 1 amide bonds. The Hall–Kier alpha value is -3.36. The fourth-order valence-corrected chi connectivity index (χ4v) is 3.67. The molecule has 4 rings (SSSR count). The Morgan fingerprint density at radius 3 is 2.57 bits per heavy atom. The summed E-state index contributed by atoms with van der Waals surface area (Å²) >= 11 is 0. The number of hydrogen-bond acceptors (Lipinski definition) is 7. The molecule has 1 aromatic heterocycles. The highest BCUT2D eigenvalue weighted by atomic mass is 16.6. The molecule has 0 saturated carbocycles. The maximum atomic E-state index is 11.9. The number of nitrogens with zero attached hydrogens (tertiary/aromatic N) is 5. The Bertz CT molecular complexity index is 1010. The molecule has 3 aromatic rings. The molecule has 2 aromatic carbocycles. The summed E-state index contributed by atoms with van der Waals surface area (Å²) in [6.07, 6.45) is 1.28. The third-order valence-electron chi connectivity index (χ3n) is 5.28. The van der Waals surface area contributed by atoms with Gasteiger partial charge in [-0.1, -0.05) is 12.1 Å². The van der Waals surface area contributed by atoms with Crippen LogP contribution in [0.5, 0.6) is 11.5 Å². The van der Waals surface area contributed by atoms with Crippen molar-refractivity contribution in [2.45, 2.75) is 32.4 Å². The van der Waals surface area contributed by atoms with Crippen molar-refractivity contribution < 1.29 is 19.0 Å². The van der Waals surface area contributed by atoms with Crippen LogP contribution in [0.3, 0.4) is 0 Å². The Morgan fingerprint density at radius 1 is 1.10 bits per heavy atom. The summed E-state index contributed by atoms with van der Waals surface area (Å²) in [4.78, 5) is 13.6. The molecule has 0 aliphatic carbocycles. The van der Waals surface area contributed by atoms with Crippen molar-refractivity contribution in [2.24, 2.45) is 0 Å². The standard InChI is InChI=1S/C21H25N5O4/c1-3-29-21(27)25-10-8-17(9-11-25)26-20(22-23-24-26)14-30-19-7-5-15-4-6-18(28-2)12-16(15)13-19/h4-7,12-13,17H,3,8-11,14H2,1-2H3. The van der Waals surface area contributed by atoms with Crippen molar-refractivity contribution in [2.75, 3.05) is 26.8 Å². The molecule has 0 radical (unpaired) electrons. The minimum absolute atomic E-state index is 0.130. The monoisotopic (exact) mass is 411 g/mol. The SMILES string of the molecule is CCOC(=O)N1CCC(n2nnnc2COc2ccc3ccc(OC)cc3c2)CC1. The molecule has 0 N–H and O–H groups in total. The lowest BCUT2D eigenvalue weighted by atomic mass is 10.1. The predicted octanol–water partition coefficient (Wildman–Crippen LogP) is 3.21. The smallest absolute Gasteiger partial charge is 0.409 e. The molecule has 0 atom stereocenters. The molecule has 9 nitrogen and oxygen atoms in total. The van der Waals surface area contributed by atoms with E-state index >= 15 is 0 Å². The number of amides is 1. The van der Waals surface area contributed by atoms with Crippen LogP contribution in [0.4, 0.5) is 4.79 Å². The molecule has 0 spiro atoms. The zero-order chi connectivity index (χ0) is 20.9. The van der Waals surface area contributed by atoms with Gasteiger partial charge in [-0.25, -0.2) is 9.48 Å². The third-order valence-corrected chi connectivity index (χ3v) is 5.28. The average Bonchev–Trinajstić information content (AvgIpc) is 3.26. The van der Waals surface area contributed by atoms with E-state index in [-0.39, 0.29) is 18.7 Å². The van der Waals surface area contributed by atoms with E-state index in [0.29, 0.717) is 25.5 Å². The van der Waals surface area contributed by atoms with Gasteiger partial charge < -0.3 is 19.1 Å². The number of aromatic nitrogens is 4. The topological polar surface area (TPSA) is 91.6 Å². The van der Waals surface area contributed by atoms with E-state index in [4.69, 9.17) is 14.2 Å². The van der Waals surface area contributed by atoms with Crippen molar-refractivity contribution >= 4 is 16.9 Å². The van der Waals surface area contributed by atoms with Crippen LogP contribution in [0.25, 0.3) is 10.8 Å². The Labute approximate surface area is 174 Å². The van der Waals surface area contributed by atoms with Gasteiger partial charge in [0.2, 0.25) is 0 Å². The van der Waals surface area contributed by atoms with Crippen LogP contribution in [0.1, 0.15) is 31.6 Å². The number of piperidine rings is 1. The lowest BCUT2D eigenvalue weighted by Gasteiger charge is -2.31. The highest BCUT2D eigenvalue weighted by Crippen LogP contribution is 2.26. The van der Waals surface area contributed by atoms with Crippen LogP contribution in [-0.2, 0) is 11.3 Å². The quantitative estimate of drug-likeness (QED) is 0.615. The number of tetrazole rings is 1. The van der Waals surface area contributed by atoms with E-state index < -0.39 is 0 Å². The largest absolute Gasteiger partial charge is 0.497 e. The maximum Gasteiger partial charge on any atom is 0.409 e. The Morgan fingerprint density at radius 2 is 1.83 bits per heavy atom. The van der Waals surface area contributed by atoms with Crippen LogP contribution in [-0.4, -0.2) is 58.0 Å². The number of carbonyl (C=O) groups excluding carboxylic acids is 1. The van der Waals surface area contributed by atoms with Gasteiger partial charge in [0.25, 0.3) is 0 Å². The van der Waals surface area contributed by atoms with E-state index in [1.165, 1.54) is 0 Å². The summed E-state index contributed by atoms with van der Waals surface area (Å²) in [5, 5.41) is 14.3. The van der Waals surface area contributed by atoms with Gasteiger partial charge in [-0.2, -0.15) is 0 Å². The number of rotatable bonds is 6. The number of hydrogen-bond donors (Lipinski definition) is 0. The summed E-state index contributed by atoms with van der Waals surface area (Å²) in [6.45, 7) is 3.70. The van der Waals surface area contributed by atoms with Crippen molar-refractivity contribution in [1.82, 2.24) is 25.1 Å². The highest BCUT2D eigenvalue weighted by molar-refractivity contribution is 5.85. The fourth-order valence-electron chi connectivity index (χ4n) is 3.67. The first kappa shape index (κ1) is 19.9. The molecule has 9 heteroatoms. The fraction of sp³-hybridized carbons (Fsp3) is 0.429. The lowest BCUT2D eigenvalue weighted by Crippen LogP contribution is -2.39. The van der Waals surface area contributed by atoms with Crippen LogP contribution in [0, 0.1) is 0 Å². The van der Waals surface area contributed by atoms with Gasteiger partial charge in [-0.3, -0.25) is 0 Å². The number of ether oxygens (including phenoxy) is 3. The zero-order valence-corrected chi connectivity index (χ0v) is 17.2. The summed E-state index contributed by atoms with van der Waals surface area (Å²) in [5.74, 6) is 2.20. The van der Waals surface area contributed by atoms with Crippen molar-refractivity contribution in [3.63, 3.8) is 0 Å². The van der Waals surface area contributed by atoms with Crippen LogP contribution >= 0.6 is 0 Å². The van der Waals surface area contributed by atoms with Crippen molar-refractivity contribution in [1.29, 1.82) is 0 Å². The lowest BCUT2D eigenvalue weighted by molar-refractivity contribution is 0.0906. The van der Waals surface area contributed by atoms with E-state index in [1.807, 2.05) is 48.0 Å². The average molecular weight is 411 g/mol. The summed E-state index contributed by atoms with van der Waals surface area (Å²) < 4.78 is 18.2. The molecule has 2 heterocycles. The first-order valence-electron chi connectivity index (χ1n) is 10.1. The number of likely N-dealkylation sites (tertiary alicyclic amines) is 1. The molecule has 1 saturated heterocycles. The number of methoxy groups -OCH3 is 1. The van der Waals surface area contributed by atoms with Crippen LogP contribution in [0.2, 0.25) is 0 Å².